The number of rotatable bonds is 5. The Morgan fingerprint density at radius 3 is 2.26 bits per heavy atom. The second-order valence-corrected chi connectivity index (χ2v) is 4.23. The molecule has 0 aliphatic carbocycles. The van der Waals surface area contributed by atoms with E-state index in [1.807, 2.05) is 0 Å². The van der Waals surface area contributed by atoms with Crippen LogP contribution in [0.1, 0.15) is 18.4 Å². The Labute approximate surface area is 117 Å². The number of carbonyl (C=O) groups excluding carboxylic acids is 2. The van der Waals surface area contributed by atoms with Gasteiger partial charge >= 0.3 is 11.9 Å². The van der Waals surface area contributed by atoms with Crippen molar-refractivity contribution in [3.63, 3.8) is 0 Å². The molecule has 0 unspecified atom stereocenters. The van der Waals surface area contributed by atoms with Gasteiger partial charge in [0.2, 0.25) is 0 Å². The third-order valence-electron chi connectivity index (χ3n) is 2.48. The molecule has 0 saturated heterocycles. The van der Waals surface area contributed by atoms with E-state index in [9.17, 15) is 9.59 Å². The van der Waals surface area contributed by atoms with Crippen molar-refractivity contribution >= 4 is 29.6 Å². The zero-order valence-electron chi connectivity index (χ0n) is 10.8. The predicted octanol–water partition coefficient (Wildman–Crippen LogP) is 2.85. The average molecular weight is 283 g/mol. The third-order valence-corrected chi connectivity index (χ3v) is 2.74. The molecule has 0 aliphatic heterocycles. The van der Waals surface area contributed by atoms with Gasteiger partial charge in [0.25, 0.3) is 0 Å². The Kier molecular flexibility index (Phi) is 6.09. The second kappa shape index (κ2) is 7.59. The van der Waals surface area contributed by atoms with Gasteiger partial charge in [-0.2, -0.15) is 0 Å². The summed E-state index contributed by atoms with van der Waals surface area (Å²) in [6, 6.07) is 7.01. The Balaban J connectivity index is 2.86. The zero-order chi connectivity index (χ0) is 14.3. The Bertz CT molecular complexity index is 477. The van der Waals surface area contributed by atoms with Gasteiger partial charge in [0.15, 0.2) is 0 Å². The lowest BCUT2D eigenvalue weighted by atomic mass is 10.1. The molecule has 0 radical (unpaired) electrons. The van der Waals surface area contributed by atoms with Crippen LogP contribution in [0, 0.1) is 0 Å². The summed E-state index contributed by atoms with van der Waals surface area (Å²) >= 11 is 5.79. The van der Waals surface area contributed by atoms with Crippen molar-refractivity contribution in [3.05, 3.63) is 40.4 Å². The molecule has 0 atom stereocenters. The Morgan fingerprint density at radius 2 is 1.74 bits per heavy atom. The molecule has 0 amide bonds. The highest BCUT2D eigenvalue weighted by atomic mass is 35.5. The Hall–Kier alpha value is -1.81. The molecular formula is C14H15ClO4. The summed E-state index contributed by atoms with van der Waals surface area (Å²) in [6.45, 7) is 0. The first kappa shape index (κ1) is 15.2. The fourth-order valence-corrected chi connectivity index (χ4v) is 1.59. The Morgan fingerprint density at radius 1 is 1.11 bits per heavy atom. The molecule has 1 rings (SSSR count). The molecule has 0 aromatic heterocycles. The number of hydrogen-bond acceptors (Lipinski definition) is 4. The number of benzene rings is 1. The van der Waals surface area contributed by atoms with Crippen molar-refractivity contribution in [3.8, 4) is 0 Å². The average Bonchev–Trinajstić information content (AvgIpc) is 2.44. The second-order valence-electron chi connectivity index (χ2n) is 3.79. The maximum atomic E-state index is 11.6. The molecule has 5 heteroatoms. The summed E-state index contributed by atoms with van der Waals surface area (Å²) < 4.78 is 9.23. The van der Waals surface area contributed by atoms with Gasteiger partial charge in [-0.1, -0.05) is 23.7 Å². The van der Waals surface area contributed by atoms with E-state index in [1.165, 1.54) is 14.2 Å². The summed E-state index contributed by atoms with van der Waals surface area (Å²) in [7, 11) is 2.61. The lowest BCUT2D eigenvalue weighted by molar-refractivity contribution is -0.140. The molecule has 0 fully saturated rings. The van der Waals surface area contributed by atoms with Crippen LogP contribution in [0.3, 0.4) is 0 Å². The van der Waals surface area contributed by atoms with Gasteiger partial charge in [-0.3, -0.25) is 4.79 Å². The first-order valence-electron chi connectivity index (χ1n) is 5.68. The van der Waals surface area contributed by atoms with Crippen molar-refractivity contribution in [2.75, 3.05) is 14.2 Å². The van der Waals surface area contributed by atoms with Gasteiger partial charge in [-0.05, 0) is 30.2 Å². The monoisotopic (exact) mass is 282 g/mol. The van der Waals surface area contributed by atoms with Gasteiger partial charge in [-0.15, -0.1) is 0 Å². The van der Waals surface area contributed by atoms with Crippen LogP contribution >= 0.6 is 11.6 Å². The highest BCUT2D eigenvalue weighted by molar-refractivity contribution is 6.30. The SMILES string of the molecule is COC(=O)CC/C(=C\c1ccc(Cl)cc1)C(=O)OC. The number of carbonyl (C=O) groups is 2. The van der Waals surface area contributed by atoms with Crippen LogP contribution in [-0.2, 0) is 19.1 Å². The predicted molar refractivity (Wildman–Crippen MR) is 72.7 cm³/mol. The molecular weight excluding hydrogens is 268 g/mol. The van der Waals surface area contributed by atoms with Crippen molar-refractivity contribution in [2.45, 2.75) is 12.8 Å². The van der Waals surface area contributed by atoms with E-state index in [-0.39, 0.29) is 18.8 Å². The van der Waals surface area contributed by atoms with Crippen LogP contribution in [0.2, 0.25) is 5.02 Å². The van der Waals surface area contributed by atoms with Gasteiger partial charge < -0.3 is 9.47 Å². The van der Waals surface area contributed by atoms with E-state index in [1.54, 1.807) is 30.3 Å². The fraction of sp³-hybridized carbons (Fsp3) is 0.286. The van der Waals surface area contributed by atoms with E-state index in [2.05, 4.69) is 9.47 Å². The van der Waals surface area contributed by atoms with Crippen LogP contribution in [0.25, 0.3) is 6.08 Å². The van der Waals surface area contributed by atoms with Crippen LogP contribution in [0.15, 0.2) is 29.8 Å². The molecule has 19 heavy (non-hydrogen) atoms. The molecule has 1 aromatic rings. The fourth-order valence-electron chi connectivity index (χ4n) is 1.46. The number of hydrogen-bond donors (Lipinski definition) is 0. The van der Waals surface area contributed by atoms with E-state index in [0.717, 1.165) is 5.56 Å². The van der Waals surface area contributed by atoms with Gasteiger partial charge in [0.1, 0.15) is 0 Å². The highest BCUT2D eigenvalue weighted by Crippen LogP contribution is 2.16. The molecule has 0 N–H and O–H groups in total. The number of methoxy groups -OCH3 is 2. The topological polar surface area (TPSA) is 52.6 Å². The molecule has 0 spiro atoms. The van der Waals surface area contributed by atoms with Crippen LogP contribution in [0.5, 0.6) is 0 Å². The summed E-state index contributed by atoms with van der Waals surface area (Å²) in [6.07, 6.45) is 2.07. The first-order valence-corrected chi connectivity index (χ1v) is 6.06. The van der Waals surface area contributed by atoms with E-state index < -0.39 is 5.97 Å². The summed E-state index contributed by atoms with van der Waals surface area (Å²) in [4.78, 5) is 22.7. The summed E-state index contributed by atoms with van der Waals surface area (Å²) in [5, 5.41) is 0.617. The minimum atomic E-state index is -0.459. The lowest BCUT2D eigenvalue weighted by Crippen LogP contribution is -2.08. The molecule has 0 heterocycles. The quantitative estimate of drug-likeness (QED) is 0.615. The lowest BCUT2D eigenvalue weighted by Gasteiger charge is -2.05. The van der Waals surface area contributed by atoms with E-state index in [0.29, 0.717) is 10.6 Å². The van der Waals surface area contributed by atoms with Crippen LogP contribution in [-0.4, -0.2) is 26.2 Å². The number of halogens is 1. The third kappa shape index (κ3) is 5.14. The van der Waals surface area contributed by atoms with Crippen molar-refractivity contribution < 1.29 is 19.1 Å². The number of esters is 2. The van der Waals surface area contributed by atoms with E-state index in [4.69, 9.17) is 11.6 Å². The number of ether oxygens (including phenoxy) is 2. The van der Waals surface area contributed by atoms with Crippen molar-refractivity contribution in [2.24, 2.45) is 0 Å². The molecule has 4 nitrogen and oxygen atoms in total. The van der Waals surface area contributed by atoms with Gasteiger partial charge in [0, 0.05) is 17.0 Å². The highest BCUT2D eigenvalue weighted by Gasteiger charge is 2.12. The molecule has 0 saturated carbocycles. The minimum Gasteiger partial charge on any atom is -0.469 e. The molecule has 0 aliphatic rings. The van der Waals surface area contributed by atoms with Crippen molar-refractivity contribution in [1.29, 1.82) is 0 Å². The standard InChI is InChI=1S/C14H15ClO4/c1-18-13(16)8-5-11(14(17)19-2)9-10-3-6-12(15)7-4-10/h3-4,6-7,9H,5,8H2,1-2H3/b11-9+. The van der Waals surface area contributed by atoms with E-state index >= 15 is 0 Å². The van der Waals surface area contributed by atoms with Gasteiger partial charge in [0.05, 0.1) is 14.2 Å². The zero-order valence-corrected chi connectivity index (χ0v) is 11.6. The first-order chi connectivity index (χ1) is 9.06. The minimum absolute atomic E-state index is 0.130. The summed E-state index contributed by atoms with van der Waals surface area (Å²) in [5.74, 6) is -0.829. The van der Waals surface area contributed by atoms with Crippen molar-refractivity contribution in [1.82, 2.24) is 0 Å². The smallest absolute Gasteiger partial charge is 0.333 e. The van der Waals surface area contributed by atoms with Crippen LogP contribution in [0.4, 0.5) is 0 Å². The molecule has 102 valence electrons. The maximum Gasteiger partial charge on any atom is 0.333 e. The maximum absolute atomic E-state index is 11.6. The van der Waals surface area contributed by atoms with Crippen LogP contribution < -0.4 is 0 Å². The summed E-state index contributed by atoms with van der Waals surface area (Å²) in [5.41, 5.74) is 1.23. The molecule has 1 aromatic carbocycles. The largest absolute Gasteiger partial charge is 0.469 e. The normalized spacial score (nSPS) is 11.0. The van der Waals surface area contributed by atoms with Gasteiger partial charge in [-0.25, -0.2) is 4.79 Å². The molecule has 0 bridgehead atoms.